The number of anilines is 1. The van der Waals surface area contributed by atoms with Crippen LogP contribution in [-0.4, -0.2) is 58.6 Å². The molecule has 2 aromatic rings. The van der Waals surface area contributed by atoms with Crippen molar-refractivity contribution in [2.24, 2.45) is 11.8 Å². The molecular formula is C22H27F2N5O2. The lowest BCUT2D eigenvalue weighted by Gasteiger charge is -2.35. The number of aromatic nitrogens is 3. The minimum absolute atomic E-state index is 0.0451. The molecular weight excluding hydrogens is 404 g/mol. The van der Waals surface area contributed by atoms with E-state index in [1.807, 2.05) is 0 Å². The average Bonchev–Trinajstić information content (AvgIpc) is 3.18. The number of hydrogen-bond donors (Lipinski definition) is 1. The first-order valence-electron chi connectivity index (χ1n) is 11.2. The maximum absolute atomic E-state index is 12.7. The number of likely N-dealkylation sites (tertiary alicyclic amines) is 1. The number of hydrogen-bond acceptors (Lipinski definition) is 6. The third kappa shape index (κ3) is 3.38. The van der Waals surface area contributed by atoms with Gasteiger partial charge in [-0.1, -0.05) is 12.8 Å². The lowest BCUT2D eigenvalue weighted by Crippen LogP contribution is -2.48. The van der Waals surface area contributed by atoms with Gasteiger partial charge in [0, 0.05) is 36.5 Å². The molecule has 0 radical (unpaired) electrons. The highest BCUT2D eigenvalue weighted by Crippen LogP contribution is 2.59. The number of nitrogens with zero attached hydrogens (tertiary/aromatic N) is 4. The molecule has 0 bridgehead atoms. The molecule has 4 fully saturated rings. The molecule has 2 aliphatic carbocycles. The van der Waals surface area contributed by atoms with E-state index in [1.165, 1.54) is 24.6 Å². The molecule has 2 saturated heterocycles. The van der Waals surface area contributed by atoms with Crippen LogP contribution in [0.1, 0.15) is 43.3 Å². The molecule has 4 heterocycles. The van der Waals surface area contributed by atoms with Gasteiger partial charge >= 0.3 is 6.61 Å². The van der Waals surface area contributed by atoms with E-state index >= 15 is 0 Å². The Morgan fingerprint density at radius 3 is 2.48 bits per heavy atom. The fraction of sp³-hybridized carbons (Fsp3) is 0.636. The minimum Gasteiger partial charge on any atom is -0.431 e. The number of nitrogens with two attached hydrogens (primary N) is 1. The summed E-state index contributed by atoms with van der Waals surface area (Å²) >= 11 is 0. The van der Waals surface area contributed by atoms with Crippen LogP contribution in [0.5, 0.6) is 5.75 Å². The Kier molecular flexibility index (Phi) is 4.64. The molecule has 0 spiro atoms. The summed E-state index contributed by atoms with van der Waals surface area (Å²) in [5.41, 5.74) is 8.41. The second-order valence-electron chi connectivity index (χ2n) is 9.32. The fourth-order valence-corrected chi connectivity index (χ4v) is 5.76. The summed E-state index contributed by atoms with van der Waals surface area (Å²) in [6, 6.07) is 4.67. The summed E-state index contributed by atoms with van der Waals surface area (Å²) in [7, 11) is 0. The number of halogens is 2. The van der Waals surface area contributed by atoms with Crippen LogP contribution in [0.2, 0.25) is 0 Å². The summed E-state index contributed by atoms with van der Waals surface area (Å²) in [4.78, 5) is 6.63. The maximum atomic E-state index is 12.7. The molecule has 166 valence electrons. The lowest BCUT2D eigenvalue weighted by atomic mass is 10.1. The van der Waals surface area contributed by atoms with Crippen molar-refractivity contribution in [2.75, 3.05) is 32.0 Å². The summed E-state index contributed by atoms with van der Waals surface area (Å²) in [6.07, 6.45) is 6.32. The SMILES string of the molecule is Nc1ncc(-c2cc(C3[C@@H]4CN(C5COC5)C[C@@H]34)n(C3CCCC3)n2)cc1OC(F)F. The zero-order valence-electron chi connectivity index (χ0n) is 17.3. The first-order chi connectivity index (χ1) is 15.1. The van der Waals surface area contributed by atoms with E-state index in [9.17, 15) is 8.78 Å². The van der Waals surface area contributed by atoms with Crippen molar-refractivity contribution in [3.63, 3.8) is 0 Å². The summed E-state index contributed by atoms with van der Waals surface area (Å²) in [5, 5.41) is 4.94. The molecule has 2 aromatic heterocycles. The van der Waals surface area contributed by atoms with Gasteiger partial charge in [0.2, 0.25) is 0 Å². The highest BCUT2D eigenvalue weighted by atomic mass is 19.3. The lowest BCUT2D eigenvalue weighted by molar-refractivity contribution is -0.0610. The van der Waals surface area contributed by atoms with Crippen molar-refractivity contribution in [3.8, 4) is 17.0 Å². The van der Waals surface area contributed by atoms with Crippen LogP contribution in [0.25, 0.3) is 11.3 Å². The Bertz CT molecular complexity index is 961. The third-order valence-electron chi connectivity index (χ3n) is 7.53. The highest BCUT2D eigenvalue weighted by molar-refractivity contribution is 5.64. The zero-order valence-corrected chi connectivity index (χ0v) is 17.3. The summed E-state index contributed by atoms with van der Waals surface area (Å²) < 4.78 is 37.6. The smallest absolute Gasteiger partial charge is 0.387 e. The number of fused-ring (bicyclic) bond motifs is 1. The van der Waals surface area contributed by atoms with Gasteiger partial charge in [-0.25, -0.2) is 4.98 Å². The molecule has 6 rings (SSSR count). The van der Waals surface area contributed by atoms with Crippen LogP contribution in [-0.2, 0) is 4.74 Å². The molecule has 2 aliphatic heterocycles. The number of pyridine rings is 1. The maximum Gasteiger partial charge on any atom is 0.387 e. The zero-order chi connectivity index (χ0) is 21.1. The third-order valence-corrected chi connectivity index (χ3v) is 7.53. The average molecular weight is 431 g/mol. The van der Waals surface area contributed by atoms with Crippen LogP contribution in [0.4, 0.5) is 14.6 Å². The molecule has 9 heteroatoms. The Hall–Kier alpha value is -2.26. The van der Waals surface area contributed by atoms with Gasteiger partial charge in [0.25, 0.3) is 0 Å². The van der Waals surface area contributed by atoms with E-state index in [4.69, 9.17) is 15.6 Å². The van der Waals surface area contributed by atoms with Crippen LogP contribution < -0.4 is 10.5 Å². The van der Waals surface area contributed by atoms with Gasteiger partial charge in [-0.2, -0.15) is 13.9 Å². The van der Waals surface area contributed by atoms with E-state index < -0.39 is 6.61 Å². The van der Waals surface area contributed by atoms with Crippen molar-refractivity contribution < 1.29 is 18.3 Å². The number of alkyl halides is 2. The number of ether oxygens (including phenoxy) is 2. The van der Waals surface area contributed by atoms with Gasteiger partial charge in [-0.15, -0.1) is 0 Å². The summed E-state index contributed by atoms with van der Waals surface area (Å²) in [5.74, 6) is 1.72. The summed E-state index contributed by atoms with van der Waals surface area (Å²) in [6.45, 7) is 1.04. The van der Waals surface area contributed by atoms with Crippen molar-refractivity contribution in [3.05, 3.63) is 24.0 Å². The molecule has 4 aliphatic rings. The van der Waals surface area contributed by atoms with Gasteiger partial charge in [-0.05, 0) is 36.8 Å². The van der Waals surface area contributed by atoms with Gasteiger partial charge in [-0.3, -0.25) is 9.58 Å². The molecule has 2 saturated carbocycles. The van der Waals surface area contributed by atoms with Gasteiger partial charge in [0.1, 0.15) is 0 Å². The molecule has 2 atom stereocenters. The van der Waals surface area contributed by atoms with Crippen LogP contribution >= 0.6 is 0 Å². The number of piperidine rings is 1. The predicted molar refractivity (Wildman–Crippen MR) is 110 cm³/mol. The van der Waals surface area contributed by atoms with Crippen molar-refractivity contribution >= 4 is 5.82 Å². The van der Waals surface area contributed by atoms with Gasteiger partial charge in [0.05, 0.1) is 31.0 Å². The quantitative estimate of drug-likeness (QED) is 0.756. The Morgan fingerprint density at radius 2 is 1.84 bits per heavy atom. The fourth-order valence-electron chi connectivity index (χ4n) is 5.76. The van der Waals surface area contributed by atoms with E-state index in [-0.39, 0.29) is 11.6 Å². The number of rotatable bonds is 6. The topological polar surface area (TPSA) is 78.4 Å². The van der Waals surface area contributed by atoms with Gasteiger partial charge < -0.3 is 15.2 Å². The Labute approximate surface area is 179 Å². The van der Waals surface area contributed by atoms with Crippen molar-refractivity contribution in [1.82, 2.24) is 19.7 Å². The molecule has 2 N–H and O–H groups in total. The van der Waals surface area contributed by atoms with Crippen LogP contribution in [0.15, 0.2) is 18.3 Å². The largest absolute Gasteiger partial charge is 0.431 e. The van der Waals surface area contributed by atoms with Crippen molar-refractivity contribution in [1.29, 1.82) is 0 Å². The Morgan fingerprint density at radius 1 is 1.10 bits per heavy atom. The minimum atomic E-state index is -2.94. The Balaban J connectivity index is 1.29. The first-order valence-corrected chi connectivity index (χ1v) is 11.2. The molecule has 7 nitrogen and oxygen atoms in total. The van der Waals surface area contributed by atoms with E-state index in [1.54, 1.807) is 6.20 Å². The normalized spacial score (nSPS) is 28.8. The van der Waals surface area contributed by atoms with Crippen molar-refractivity contribution in [2.45, 2.75) is 50.3 Å². The van der Waals surface area contributed by atoms with E-state index in [2.05, 4.69) is 25.4 Å². The molecule has 0 unspecified atom stereocenters. The molecule has 31 heavy (non-hydrogen) atoms. The number of nitrogen functional groups attached to an aromatic ring is 1. The predicted octanol–water partition coefficient (Wildman–Crippen LogP) is 3.29. The monoisotopic (exact) mass is 431 g/mol. The highest BCUT2D eigenvalue weighted by Gasteiger charge is 2.59. The molecule has 0 amide bonds. The van der Waals surface area contributed by atoms with Crippen LogP contribution in [0, 0.1) is 11.8 Å². The van der Waals surface area contributed by atoms with E-state index in [0.717, 1.165) is 44.8 Å². The van der Waals surface area contributed by atoms with E-state index in [0.29, 0.717) is 35.4 Å². The molecule has 0 aromatic carbocycles. The standard InChI is InChI=1S/C22H27F2N5O2/c23-22(24)31-19-5-12(7-26-21(19)25)17-6-18(29(27-17)13-3-1-2-4-13)20-15-8-28(9-16(15)20)14-10-30-11-14/h5-7,13-16,20,22H,1-4,8-11H2,(H2,25,26)/t15-,16-/m1/s1. The second kappa shape index (κ2) is 7.41. The van der Waals surface area contributed by atoms with Crippen LogP contribution in [0.3, 0.4) is 0 Å². The second-order valence-corrected chi connectivity index (χ2v) is 9.32. The van der Waals surface area contributed by atoms with Gasteiger partial charge in [0.15, 0.2) is 11.6 Å². The first kappa shape index (κ1) is 19.4.